The van der Waals surface area contributed by atoms with Gasteiger partial charge in [-0.05, 0) is 13.8 Å². The van der Waals surface area contributed by atoms with Gasteiger partial charge in [0.05, 0.1) is 25.3 Å². The van der Waals surface area contributed by atoms with Gasteiger partial charge in [-0.3, -0.25) is 9.59 Å². The van der Waals surface area contributed by atoms with Crippen LogP contribution in [0.1, 0.15) is 11.5 Å². The van der Waals surface area contributed by atoms with E-state index in [1.807, 2.05) is 0 Å². The summed E-state index contributed by atoms with van der Waals surface area (Å²) >= 11 is 0. The quantitative estimate of drug-likeness (QED) is 0.739. The first-order valence-corrected chi connectivity index (χ1v) is 7.79. The molecule has 0 aliphatic carbocycles. The van der Waals surface area contributed by atoms with Crippen LogP contribution in [0.15, 0.2) is 27.5 Å². The number of fused-ring (bicyclic) bond motifs is 1. The number of aromatic nitrogens is 3. The van der Waals surface area contributed by atoms with Crippen molar-refractivity contribution in [1.29, 1.82) is 0 Å². The van der Waals surface area contributed by atoms with E-state index in [1.54, 1.807) is 32.0 Å². The summed E-state index contributed by atoms with van der Waals surface area (Å²) in [6.45, 7) is 3.17. The molecule has 1 aromatic carbocycles. The maximum absolute atomic E-state index is 12.4. The second-order valence-electron chi connectivity index (χ2n) is 5.66. The van der Waals surface area contributed by atoms with Crippen molar-refractivity contribution in [2.24, 2.45) is 0 Å². The minimum absolute atomic E-state index is 0.158. The van der Waals surface area contributed by atoms with Crippen molar-refractivity contribution in [2.45, 2.75) is 20.4 Å². The van der Waals surface area contributed by atoms with Gasteiger partial charge in [0.15, 0.2) is 5.52 Å². The fourth-order valence-corrected chi connectivity index (χ4v) is 2.67. The van der Waals surface area contributed by atoms with E-state index in [2.05, 4.69) is 15.6 Å². The highest BCUT2D eigenvalue weighted by Crippen LogP contribution is 2.25. The molecule has 3 aromatic rings. The van der Waals surface area contributed by atoms with E-state index >= 15 is 0 Å². The van der Waals surface area contributed by atoms with Gasteiger partial charge < -0.3 is 19.3 Å². The van der Waals surface area contributed by atoms with E-state index < -0.39 is 11.5 Å². The third-order valence-corrected chi connectivity index (χ3v) is 3.86. The number of ether oxygens (including phenoxy) is 2. The van der Waals surface area contributed by atoms with E-state index in [0.29, 0.717) is 34.0 Å². The molecular formula is C17H18N4O5. The summed E-state index contributed by atoms with van der Waals surface area (Å²) < 4.78 is 16.4. The van der Waals surface area contributed by atoms with E-state index in [-0.39, 0.29) is 12.1 Å². The van der Waals surface area contributed by atoms with Gasteiger partial charge in [0.25, 0.3) is 5.56 Å². The number of amides is 1. The van der Waals surface area contributed by atoms with Gasteiger partial charge in [-0.15, -0.1) is 0 Å². The van der Waals surface area contributed by atoms with Crippen molar-refractivity contribution in [2.75, 3.05) is 19.5 Å². The summed E-state index contributed by atoms with van der Waals surface area (Å²) in [5.41, 5.74) is 0.718. The molecule has 26 heavy (non-hydrogen) atoms. The average molecular weight is 358 g/mol. The lowest BCUT2D eigenvalue weighted by atomic mass is 10.2. The van der Waals surface area contributed by atoms with Crippen molar-refractivity contribution in [1.82, 2.24) is 14.9 Å². The van der Waals surface area contributed by atoms with Crippen molar-refractivity contribution < 1.29 is 18.8 Å². The Morgan fingerprint density at radius 2 is 1.85 bits per heavy atom. The molecule has 0 aliphatic rings. The lowest BCUT2D eigenvalue weighted by Gasteiger charge is -2.10. The van der Waals surface area contributed by atoms with Gasteiger partial charge in [-0.1, -0.05) is 5.16 Å². The van der Waals surface area contributed by atoms with E-state index in [4.69, 9.17) is 14.0 Å². The molecular weight excluding hydrogens is 340 g/mol. The second kappa shape index (κ2) is 6.87. The molecule has 2 heterocycles. The standard InChI is InChI=1S/C17H18N4O5/c1-9-15-10(2)26-20-16(15)17(23)21(19-9)8-14(22)18-11-5-12(24-3)7-13(6-11)25-4/h5-7H,8H2,1-4H3,(H,18,22). The van der Waals surface area contributed by atoms with Crippen LogP contribution in [0, 0.1) is 13.8 Å². The molecule has 0 saturated carbocycles. The molecule has 0 aliphatic heterocycles. The third kappa shape index (κ3) is 3.23. The molecule has 0 radical (unpaired) electrons. The highest BCUT2D eigenvalue weighted by atomic mass is 16.5. The Balaban J connectivity index is 1.86. The monoisotopic (exact) mass is 358 g/mol. The van der Waals surface area contributed by atoms with Crippen LogP contribution >= 0.6 is 0 Å². The smallest absolute Gasteiger partial charge is 0.297 e. The van der Waals surface area contributed by atoms with Crippen LogP contribution in [0.5, 0.6) is 11.5 Å². The number of carbonyl (C=O) groups excluding carboxylic acids is 1. The minimum Gasteiger partial charge on any atom is -0.497 e. The van der Waals surface area contributed by atoms with Crippen LogP contribution in [0.2, 0.25) is 0 Å². The van der Waals surface area contributed by atoms with Crippen LogP contribution < -0.4 is 20.3 Å². The van der Waals surface area contributed by atoms with Crippen LogP contribution in [0.3, 0.4) is 0 Å². The van der Waals surface area contributed by atoms with Crippen LogP contribution in [-0.2, 0) is 11.3 Å². The predicted octanol–water partition coefficient (Wildman–Crippen LogP) is 1.66. The molecule has 1 N–H and O–H groups in total. The number of anilines is 1. The number of nitrogens with zero attached hydrogens (tertiary/aromatic N) is 3. The fraction of sp³-hybridized carbons (Fsp3) is 0.294. The molecule has 0 fully saturated rings. The fourth-order valence-electron chi connectivity index (χ4n) is 2.67. The number of nitrogens with one attached hydrogen (secondary N) is 1. The molecule has 9 nitrogen and oxygen atoms in total. The molecule has 0 atom stereocenters. The minimum atomic E-state index is -0.485. The SMILES string of the molecule is COc1cc(NC(=O)Cn2nc(C)c3c(C)onc3c2=O)cc(OC)c1. The first kappa shape index (κ1) is 17.5. The lowest BCUT2D eigenvalue weighted by molar-refractivity contribution is -0.117. The molecule has 0 bridgehead atoms. The normalized spacial score (nSPS) is 10.8. The Hall–Kier alpha value is -3.36. The van der Waals surface area contributed by atoms with Gasteiger partial charge >= 0.3 is 0 Å². The summed E-state index contributed by atoms with van der Waals surface area (Å²) in [4.78, 5) is 24.8. The summed E-state index contributed by atoms with van der Waals surface area (Å²) in [7, 11) is 3.03. The zero-order valence-corrected chi connectivity index (χ0v) is 14.8. The lowest BCUT2D eigenvalue weighted by Crippen LogP contribution is -2.30. The zero-order valence-electron chi connectivity index (χ0n) is 14.8. The Bertz CT molecular complexity index is 1020. The predicted molar refractivity (Wildman–Crippen MR) is 93.7 cm³/mol. The van der Waals surface area contributed by atoms with Gasteiger partial charge in [0.1, 0.15) is 23.8 Å². The number of benzene rings is 1. The van der Waals surface area contributed by atoms with Crippen LogP contribution in [0.4, 0.5) is 5.69 Å². The Morgan fingerprint density at radius 1 is 1.19 bits per heavy atom. The van der Waals surface area contributed by atoms with Crippen molar-refractivity contribution in [3.8, 4) is 11.5 Å². The number of rotatable bonds is 5. The summed E-state index contributed by atoms with van der Waals surface area (Å²) in [5.74, 6) is 1.16. The van der Waals surface area contributed by atoms with E-state index in [0.717, 1.165) is 4.68 Å². The summed E-state index contributed by atoms with van der Waals surface area (Å²) in [5, 5.41) is 11.2. The van der Waals surface area contributed by atoms with Gasteiger partial charge in [-0.2, -0.15) is 5.10 Å². The van der Waals surface area contributed by atoms with E-state index in [1.165, 1.54) is 14.2 Å². The molecule has 136 valence electrons. The maximum atomic E-state index is 12.4. The molecule has 2 aromatic heterocycles. The zero-order chi connectivity index (χ0) is 18.8. The van der Waals surface area contributed by atoms with Crippen molar-refractivity contribution in [3.63, 3.8) is 0 Å². The third-order valence-electron chi connectivity index (χ3n) is 3.86. The molecule has 9 heteroatoms. The van der Waals surface area contributed by atoms with Crippen molar-refractivity contribution in [3.05, 3.63) is 40.0 Å². The summed E-state index contributed by atoms with van der Waals surface area (Å²) in [6.07, 6.45) is 0. The number of methoxy groups -OCH3 is 2. The summed E-state index contributed by atoms with van der Waals surface area (Å²) in [6, 6.07) is 4.98. The first-order valence-electron chi connectivity index (χ1n) is 7.79. The van der Waals surface area contributed by atoms with Crippen molar-refractivity contribution >= 4 is 22.5 Å². The number of aryl methyl sites for hydroxylation is 2. The second-order valence-corrected chi connectivity index (χ2v) is 5.66. The van der Waals surface area contributed by atoms with Gasteiger partial charge in [-0.25, -0.2) is 4.68 Å². The van der Waals surface area contributed by atoms with Gasteiger partial charge in [0.2, 0.25) is 5.91 Å². The Morgan fingerprint density at radius 3 is 2.46 bits per heavy atom. The number of hydrogen-bond acceptors (Lipinski definition) is 7. The molecule has 0 unspecified atom stereocenters. The number of carbonyl (C=O) groups is 1. The molecule has 0 spiro atoms. The largest absolute Gasteiger partial charge is 0.497 e. The highest BCUT2D eigenvalue weighted by Gasteiger charge is 2.17. The Labute approximate surface area is 148 Å². The molecule has 0 saturated heterocycles. The molecule has 1 amide bonds. The molecule has 3 rings (SSSR count). The Kier molecular flexibility index (Phi) is 4.61. The topological polar surface area (TPSA) is 108 Å². The van der Waals surface area contributed by atoms with Gasteiger partial charge in [0, 0.05) is 23.9 Å². The van der Waals surface area contributed by atoms with E-state index in [9.17, 15) is 9.59 Å². The highest BCUT2D eigenvalue weighted by molar-refractivity contribution is 5.91. The van der Waals surface area contributed by atoms with Crippen LogP contribution in [-0.4, -0.2) is 35.1 Å². The average Bonchev–Trinajstić information content (AvgIpc) is 3.01. The first-order chi connectivity index (χ1) is 12.4. The number of hydrogen-bond donors (Lipinski definition) is 1. The van der Waals surface area contributed by atoms with Crippen LogP contribution in [0.25, 0.3) is 10.9 Å². The maximum Gasteiger partial charge on any atom is 0.297 e.